The fourth-order valence-corrected chi connectivity index (χ4v) is 1.51. The molecule has 2 amide bonds. The molecule has 1 heterocycles. The van der Waals surface area contributed by atoms with E-state index in [1.807, 2.05) is 20.8 Å². The highest BCUT2D eigenvalue weighted by molar-refractivity contribution is 5.84. The van der Waals surface area contributed by atoms with Crippen molar-refractivity contribution in [3.8, 4) is 0 Å². The third-order valence-electron chi connectivity index (χ3n) is 2.81. The maximum absolute atomic E-state index is 11.5. The molecule has 86 valence electrons. The lowest BCUT2D eigenvalue weighted by molar-refractivity contribution is -0.141. The van der Waals surface area contributed by atoms with Crippen LogP contribution in [-0.4, -0.2) is 40.6 Å². The van der Waals surface area contributed by atoms with Crippen LogP contribution in [0.5, 0.6) is 0 Å². The average Bonchev–Trinajstić information content (AvgIpc) is 2.45. The minimum atomic E-state index is -0.972. The molecule has 0 saturated carbocycles. The standard InChI is InChI=1S/C10H18N2O3/c1-6(8(13)14)12-5-7(10(2,3)4)11-9(12)15/h6-7H,5H2,1-4H3,(H,11,15)(H,13,14). The van der Waals surface area contributed by atoms with E-state index in [2.05, 4.69) is 5.32 Å². The van der Waals surface area contributed by atoms with Crippen molar-refractivity contribution in [3.05, 3.63) is 0 Å². The van der Waals surface area contributed by atoms with Crippen LogP contribution >= 0.6 is 0 Å². The van der Waals surface area contributed by atoms with Gasteiger partial charge in [-0.1, -0.05) is 20.8 Å². The van der Waals surface area contributed by atoms with Gasteiger partial charge in [-0.15, -0.1) is 0 Å². The molecule has 5 heteroatoms. The Hall–Kier alpha value is -1.26. The molecule has 1 aliphatic heterocycles. The lowest BCUT2D eigenvalue weighted by Crippen LogP contribution is -2.41. The summed E-state index contributed by atoms with van der Waals surface area (Å²) < 4.78 is 0. The number of nitrogens with one attached hydrogen (secondary N) is 1. The first-order chi connectivity index (χ1) is 6.73. The number of carbonyl (C=O) groups is 2. The summed E-state index contributed by atoms with van der Waals surface area (Å²) in [4.78, 5) is 23.7. The number of carbonyl (C=O) groups excluding carboxylic acids is 1. The van der Waals surface area contributed by atoms with Crippen molar-refractivity contribution >= 4 is 12.0 Å². The van der Waals surface area contributed by atoms with Crippen LogP contribution in [0.1, 0.15) is 27.7 Å². The smallest absolute Gasteiger partial charge is 0.326 e. The summed E-state index contributed by atoms with van der Waals surface area (Å²) in [5, 5.41) is 11.6. The van der Waals surface area contributed by atoms with E-state index in [0.29, 0.717) is 6.54 Å². The fourth-order valence-electron chi connectivity index (χ4n) is 1.51. The van der Waals surface area contributed by atoms with Crippen LogP contribution < -0.4 is 5.32 Å². The molecule has 5 nitrogen and oxygen atoms in total. The summed E-state index contributed by atoms with van der Waals surface area (Å²) >= 11 is 0. The van der Waals surface area contributed by atoms with Crippen LogP contribution in [0.2, 0.25) is 0 Å². The van der Waals surface area contributed by atoms with Gasteiger partial charge in [-0.3, -0.25) is 0 Å². The highest BCUT2D eigenvalue weighted by Gasteiger charge is 2.39. The summed E-state index contributed by atoms with van der Waals surface area (Å²) in [6, 6.07) is -1.05. The van der Waals surface area contributed by atoms with Gasteiger partial charge in [-0.25, -0.2) is 9.59 Å². The van der Waals surface area contributed by atoms with Crippen molar-refractivity contribution in [1.29, 1.82) is 0 Å². The summed E-state index contributed by atoms with van der Waals surface area (Å²) in [6.45, 7) is 8.04. The summed E-state index contributed by atoms with van der Waals surface area (Å²) in [6.07, 6.45) is 0. The SMILES string of the molecule is CC(C(=O)O)N1CC(C(C)(C)C)NC1=O. The van der Waals surface area contributed by atoms with E-state index in [9.17, 15) is 9.59 Å². The third kappa shape index (κ3) is 2.40. The van der Waals surface area contributed by atoms with E-state index in [-0.39, 0.29) is 17.5 Å². The normalized spacial score (nSPS) is 23.9. The molecule has 0 bridgehead atoms. The Morgan fingerprint density at radius 2 is 2.13 bits per heavy atom. The van der Waals surface area contributed by atoms with Gasteiger partial charge in [-0.2, -0.15) is 0 Å². The molecule has 0 aliphatic carbocycles. The zero-order valence-corrected chi connectivity index (χ0v) is 9.57. The van der Waals surface area contributed by atoms with E-state index in [4.69, 9.17) is 5.11 Å². The molecule has 1 saturated heterocycles. The van der Waals surface area contributed by atoms with Crippen molar-refractivity contribution in [2.45, 2.75) is 39.8 Å². The van der Waals surface area contributed by atoms with Crippen LogP contribution in [0.3, 0.4) is 0 Å². The van der Waals surface area contributed by atoms with Crippen LogP contribution in [0, 0.1) is 5.41 Å². The molecule has 15 heavy (non-hydrogen) atoms. The quantitative estimate of drug-likeness (QED) is 0.717. The van der Waals surface area contributed by atoms with Crippen molar-refractivity contribution in [2.75, 3.05) is 6.54 Å². The molecule has 2 atom stereocenters. The summed E-state index contributed by atoms with van der Waals surface area (Å²) in [7, 11) is 0. The van der Waals surface area contributed by atoms with Crippen molar-refractivity contribution in [1.82, 2.24) is 10.2 Å². The number of hydrogen-bond donors (Lipinski definition) is 2. The molecule has 0 aromatic carbocycles. The van der Waals surface area contributed by atoms with Crippen LogP contribution in [0.25, 0.3) is 0 Å². The molecule has 1 rings (SSSR count). The minimum Gasteiger partial charge on any atom is -0.480 e. The molecule has 0 aromatic rings. The van der Waals surface area contributed by atoms with Crippen LogP contribution in [0.4, 0.5) is 4.79 Å². The third-order valence-corrected chi connectivity index (χ3v) is 2.81. The van der Waals surface area contributed by atoms with Gasteiger partial charge in [0.1, 0.15) is 6.04 Å². The maximum Gasteiger partial charge on any atom is 0.326 e. The molecule has 0 radical (unpaired) electrons. The highest BCUT2D eigenvalue weighted by Crippen LogP contribution is 2.24. The van der Waals surface area contributed by atoms with Gasteiger partial charge >= 0.3 is 12.0 Å². The number of carboxylic acid groups (broad SMARTS) is 1. The molecule has 2 unspecified atom stereocenters. The van der Waals surface area contributed by atoms with Crippen molar-refractivity contribution in [2.24, 2.45) is 5.41 Å². The lowest BCUT2D eigenvalue weighted by atomic mass is 9.87. The molecular formula is C10H18N2O3. The van der Waals surface area contributed by atoms with Gasteiger partial charge in [0.25, 0.3) is 0 Å². The fraction of sp³-hybridized carbons (Fsp3) is 0.800. The monoisotopic (exact) mass is 214 g/mol. The molecule has 0 spiro atoms. The Kier molecular flexibility index (Phi) is 2.93. The first-order valence-corrected chi connectivity index (χ1v) is 5.03. The van der Waals surface area contributed by atoms with E-state index < -0.39 is 12.0 Å². The Bertz CT molecular complexity index is 283. The number of carboxylic acids is 1. The van der Waals surface area contributed by atoms with E-state index in [1.165, 1.54) is 11.8 Å². The number of hydrogen-bond acceptors (Lipinski definition) is 2. The first kappa shape index (κ1) is 11.8. The van der Waals surface area contributed by atoms with Crippen LogP contribution in [-0.2, 0) is 4.79 Å². The largest absolute Gasteiger partial charge is 0.480 e. The maximum atomic E-state index is 11.5. The molecule has 1 aliphatic rings. The number of rotatable bonds is 2. The minimum absolute atomic E-state index is 0.00630. The van der Waals surface area contributed by atoms with Gasteiger partial charge < -0.3 is 15.3 Å². The number of urea groups is 1. The van der Waals surface area contributed by atoms with Gasteiger partial charge in [0.15, 0.2) is 0 Å². The Balaban J connectivity index is 2.73. The van der Waals surface area contributed by atoms with Crippen molar-refractivity contribution < 1.29 is 14.7 Å². The number of aliphatic carboxylic acids is 1. The molecule has 2 N–H and O–H groups in total. The average molecular weight is 214 g/mol. The van der Waals surface area contributed by atoms with Gasteiger partial charge in [0.2, 0.25) is 0 Å². The van der Waals surface area contributed by atoms with E-state index in [0.717, 1.165) is 0 Å². The van der Waals surface area contributed by atoms with E-state index >= 15 is 0 Å². The van der Waals surface area contributed by atoms with Gasteiger partial charge in [0.05, 0.1) is 6.04 Å². The van der Waals surface area contributed by atoms with E-state index in [1.54, 1.807) is 0 Å². The van der Waals surface area contributed by atoms with Gasteiger partial charge in [-0.05, 0) is 12.3 Å². The lowest BCUT2D eigenvalue weighted by Gasteiger charge is -2.26. The highest BCUT2D eigenvalue weighted by atomic mass is 16.4. The second-order valence-electron chi connectivity index (χ2n) is 5.03. The zero-order chi connectivity index (χ0) is 11.8. The Labute approximate surface area is 89.4 Å². The summed E-state index contributed by atoms with van der Waals surface area (Å²) in [5.74, 6) is -0.972. The van der Waals surface area contributed by atoms with Crippen LogP contribution in [0.15, 0.2) is 0 Å². The topological polar surface area (TPSA) is 69.6 Å². The number of amides is 2. The molecular weight excluding hydrogens is 196 g/mol. The Morgan fingerprint density at radius 3 is 2.47 bits per heavy atom. The number of nitrogens with zero attached hydrogens (tertiary/aromatic N) is 1. The molecule has 0 aromatic heterocycles. The second kappa shape index (κ2) is 3.72. The Morgan fingerprint density at radius 1 is 1.60 bits per heavy atom. The predicted octanol–water partition coefficient (Wildman–Crippen LogP) is 0.899. The first-order valence-electron chi connectivity index (χ1n) is 5.03. The zero-order valence-electron chi connectivity index (χ0n) is 9.57. The van der Waals surface area contributed by atoms with Gasteiger partial charge in [0, 0.05) is 6.54 Å². The van der Waals surface area contributed by atoms with Crippen molar-refractivity contribution in [3.63, 3.8) is 0 Å². The predicted molar refractivity (Wildman–Crippen MR) is 55.6 cm³/mol. The summed E-state index contributed by atoms with van der Waals surface area (Å²) in [5.41, 5.74) is -0.0529. The molecule has 1 fully saturated rings. The second-order valence-corrected chi connectivity index (χ2v) is 5.03.